The molecule has 0 bridgehead atoms. The summed E-state index contributed by atoms with van der Waals surface area (Å²) >= 11 is 0. The molecule has 2 aliphatic rings. The SMILES string of the molecule is Cc1ccc(S(=O)(=O)O)cc1.O=[N+]([O-])C[N+]1(Cc2ccc(F)nc2)C2CCCN21. The first-order chi connectivity index (χ1) is 13.6. The fourth-order valence-electron chi connectivity index (χ4n) is 3.77. The van der Waals surface area contributed by atoms with Crippen LogP contribution >= 0.6 is 0 Å². The van der Waals surface area contributed by atoms with Crippen LogP contribution in [0.15, 0.2) is 47.5 Å². The summed E-state index contributed by atoms with van der Waals surface area (Å²) in [5.74, 6) is -0.522. The van der Waals surface area contributed by atoms with Crippen molar-refractivity contribution in [2.45, 2.75) is 37.4 Å². The van der Waals surface area contributed by atoms with E-state index in [1.807, 2.05) is 6.92 Å². The molecule has 2 aromatic rings. The van der Waals surface area contributed by atoms with Crippen LogP contribution in [0.3, 0.4) is 0 Å². The smallest absolute Gasteiger partial charge is 0.282 e. The molecule has 0 radical (unpaired) electrons. The Hall–Kier alpha value is -2.47. The van der Waals surface area contributed by atoms with Gasteiger partial charge in [-0.25, -0.2) is 4.98 Å². The Kier molecular flexibility index (Phi) is 5.94. The predicted octanol–water partition coefficient (Wildman–Crippen LogP) is 2.36. The lowest BCUT2D eigenvalue weighted by molar-refractivity contribution is -0.962. The van der Waals surface area contributed by atoms with E-state index >= 15 is 0 Å². The predicted molar refractivity (Wildman–Crippen MR) is 101 cm³/mol. The van der Waals surface area contributed by atoms with Crippen LogP contribution in [0, 0.1) is 23.0 Å². The molecule has 3 atom stereocenters. The van der Waals surface area contributed by atoms with Crippen molar-refractivity contribution >= 4 is 10.1 Å². The van der Waals surface area contributed by atoms with Crippen molar-refractivity contribution in [3.05, 3.63) is 69.8 Å². The van der Waals surface area contributed by atoms with Crippen LogP contribution in [0.5, 0.6) is 0 Å². The molecular formula is C18H22FN4O5S+. The molecule has 0 spiro atoms. The van der Waals surface area contributed by atoms with E-state index in [1.54, 1.807) is 18.2 Å². The number of benzene rings is 1. The number of pyridine rings is 1. The molecule has 4 rings (SSSR count). The van der Waals surface area contributed by atoms with Crippen LogP contribution in [0.2, 0.25) is 0 Å². The van der Waals surface area contributed by atoms with E-state index in [-0.39, 0.29) is 22.7 Å². The standard InChI is InChI=1S/C11H14FN4O2.C7H8O3S/c12-10-4-3-9(6-13-10)7-16(8-15(17)18)11-2-1-5-14(11)16;1-6-2-4-7(5-3-6)11(8,9)10/h3-4,6,11H,1-2,5,7-8H2;2-5H,1H3,(H,8,9,10)/q+1;. The van der Waals surface area contributed by atoms with Crippen molar-refractivity contribution in [1.82, 2.24) is 9.99 Å². The second kappa shape index (κ2) is 8.11. The summed E-state index contributed by atoms with van der Waals surface area (Å²) in [4.78, 5) is 14.1. The van der Waals surface area contributed by atoms with E-state index in [1.165, 1.54) is 24.4 Å². The second-order valence-electron chi connectivity index (χ2n) is 7.18. The summed E-state index contributed by atoms with van der Waals surface area (Å²) in [6.45, 7) is 3.18. The summed E-state index contributed by atoms with van der Waals surface area (Å²) in [5, 5.41) is 13.0. The van der Waals surface area contributed by atoms with E-state index in [2.05, 4.69) is 9.99 Å². The molecule has 1 aromatic heterocycles. The molecule has 3 unspecified atom stereocenters. The Morgan fingerprint density at radius 3 is 2.48 bits per heavy atom. The van der Waals surface area contributed by atoms with Crippen LogP contribution in [-0.4, -0.2) is 51.9 Å². The highest BCUT2D eigenvalue weighted by atomic mass is 32.2. The van der Waals surface area contributed by atoms with Gasteiger partial charge in [-0.15, -0.1) is 0 Å². The van der Waals surface area contributed by atoms with E-state index < -0.39 is 16.1 Å². The molecule has 9 nitrogen and oxygen atoms in total. The number of nitrogens with zero attached hydrogens (tertiary/aromatic N) is 4. The number of halogens is 1. The van der Waals surface area contributed by atoms with Crippen LogP contribution in [-0.2, 0) is 16.7 Å². The lowest BCUT2D eigenvalue weighted by Gasteiger charge is -2.16. The molecule has 156 valence electrons. The van der Waals surface area contributed by atoms with E-state index in [9.17, 15) is 22.9 Å². The number of quaternary nitrogens is 1. The van der Waals surface area contributed by atoms with Crippen LogP contribution in [0.1, 0.15) is 24.0 Å². The fourth-order valence-corrected chi connectivity index (χ4v) is 4.25. The monoisotopic (exact) mass is 425 g/mol. The van der Waals surface area contributed by atoms with Crippen molar-refractivity contribution in [1.29, 1.82) is 0 Å². The van der Waals surface area contributed by atoms with Gasteiger partial charge in [0, 0.05) is 18.2 Å². The van der Waals surface area contributed by atoms with Gasteiger partial charge >= 0.3 is 6.67 Å². The molecule has 0 aliphatic carbocycles. The topological polar surface area (TPSA) is 113 Å². The quantitative estimate of drug-likeness (QED) is 0.195. The van der Waals surface area contributed by atoms with Crippen molar-refractivity contribution in [3.63, 3.8) is 0 Å². The van der Waals surface area contributed by atoms with Gasteiger partial charge in [0.25, 0.3) is 10.1 Å². The number of hydrogen-bond acceptors (Lipinski definition) is 6. The third-order valence-corrected chi connectivity index (χ3v) is 6.00. The van der Waals surface area contributed by atoms with Crippen LogP contribution in [0.4, 0.5) is 4.39 Å². The highest BCUT2D eigenvalue weighted by Gasteiger charge is 2.69. The molecule has 2 saturated heterocycles. The first-order valence-corrected chi connectivity index (χ1v) is 10.5. The average molecular weight is 425 g/mol. The molecule has 29 heavy (non-hydrogen) atoms. The van der Waals surface area contributed by atoms with Gasteiger partial charge in [0.05, 0.1) is 16.4 Å². The Labute approximate surface area is 167 Å². The molecular weight excluding hydrogens is 403 g/mol. The zero-order valence-electron chi connectivity index (χ0n) is 15.8. The summed E-state index contributed by atoms with van der Waals surface area (Å²) in [5.41, 5.74) is 1.80. The van der Waals surface area contributed by atoms with Gasteiger partial charge in [-0.1, -0.05) is 22.7 Å². The molecule has 1 aromatic carbocycles. The Bertz CT molecular complexity index is 972. The van der Waals surface area contributed by atoms with Gasteiger partial charge in [-0.05, 0) is 37.6 Å². The maximum Gasteiger partial charge on any atom is 0.347 e. The minimum Gasteiger partial charge on any atom is -0.282 e. The summed E-state index contributed by atoms with van der Waals surface area (Å²) in [6, 6.07) is 8.94. The van der Waals surface area contributed by atoms with E-state index in [4.69, 9.17) is 4.55 Å². The summed E-state index contributed by atoms with van der Waals surface area (Å²) < 4.78 is 42.7. The van der Waals surface area contributed by atoms with E-state index in [0.717, 1.165) is 30.5 Å². The number of aromatic nitrogens is 1. The Morgan fingerprint density at radius 2 is 2.00 bits per heavy atom. The van der Waals surface area contributed by atoms with E-state index in [0.29, 0.717) is 11.1 Å². The highest BCUT2D eigenvalue weighted by molar-refractivity contribution is 7.85. The van der Waals surface area contributed by atoms with Gasteiger partial charge in [0.2, 0.25) is 12.1 Å². The van der Waals surface area contributed by atoms with Gasteiger partial charge in [-0.3, -0.25) is 14.7 Å². The molecule has 0 amide bonds. The number of hydrogen-bond donors (Lipinski definition) is 1. The number of fused-ring (bicyclic) bond motifs is 1. The molecule has 0 saturated carbocycles. The molecule has 2 aliphatic heterocycles. The number of nitro groups is 1. The minimum absolute atomic E-state index is 0.0666. The lowest BCUT2D eigenvalue weighted by atomic mass is 10.2. The van der Waals surface area contributed by atoms with Gasteiger partial charge in [0.15, 0.2) is 0 Å². The third kappa shape index (κ3) is 4.93. The Balaban J connectivity index is 0.000000188. The van der Waals surface area contributed by atoms with Gasteiger partial charge in [0.1, 0.15) is 6.54 Å². The van der Waals surface area contributed by atoms with Crippen molar-refractivity contribution in [2.75, 3.05) is 13.2 Å². The number of aryl methyl sites for hydroxylation is 1. The maximum atomic E-state index is 12.7. The zero-order chi connectivity index (χ0) is 21.2. The maximum absolute atomic E-state index is 12.7. The van der Waals surface area contributed by atoms with Crippen molar-refractivity contribution in [2.24, 2.45) is 0 Å². The second-order valence-corrected chi connectivity index (χ2v) is 8.60. The van der Waals surface area contributed by atoms with Gasteiger partial charge in [-0.2, -0.15) is 17.4 Å². The largest absolute Gasteiger partial charge is 0.347 e. The zero-order valence-corrected chi connectivity index (χ0v) is 16.6. The first kappa shape index (κ1) is 21.2. The normalized spacial score (nSPS) is 24.9. The first-order valence-electron chi connectivity index (χ1n) is 9.02. The average Bonchev–Trinajstić information content (AvgIpc) is 2.99. The molecule has 2 fully saturated rings. The summed E-state index contributed by atoms with van der Waals surface area (Å²) in [6.07, 6.45) is 3.83. The lowest BCUT2D eigenvalue weighted by Crippen LogP contribution is -2.38. The molecule has 3 heterocycles. The number of rotatable bonds is 5. The van der Waals surface area contributed by atoms with Crippen LogP contribution in [0.25, 0.3) is 0 Å². The van der Waals surface area contributed by atoms with Gasteiger partial charge < -0.3 is 0 Å². The van der Waals surface area contributed by atoms with Crippen LogP contribution < -0.4 is 0 Å². The molecule has 1 N–H and O–H groups in total. The highest BCUT2D eigenvalue weighted by Crippen LogP contribution is 2.47. The summed E-state index contributed by atoms with van der Waals surface area (Å²) in [7, 11) is -4.02. The van der Waals surface area contributed by atoms with Crippen molar-refractivity contribution in [3.8, 4) is 0 Å². The fraction of sp³-hybridized carbons (Fsp3) is 0.389. The minimum atomic E-state index is -4.02. The molecule has 11 heteroatoms. The Morgan fingerprint density at radius 1 is 1.31 bits per heavy atom. The third-order valence-electron chi connectivity index (χ3n) is 5.13. The van der Waals surface area contributed by atoms with Crippen molar-refractivity contribution < 1.29 is 26.9 Å².